The number of fused-ring (bicyclic) bond motifs is 2. The molecule has 2 aliphatic rings. The minimum atomic E-state index is -0.977. The second-order valence-electron chi connectivity index (χ2n) is 11.1. The molecule has 1 aromatic heterocycles. The topological polar surface area (TPSA) is 173 Å². The van der Waals surface area contributed by atoms with Gasteiger partial charge in [-0.05, 0) is 61.9 Å². The highest BCUT2D eigenvalue weighted by atomic mass is 32.1. The Labute approximate surface area is 269 Å². The summed E-state index contributed by atoms with van der Waals surface area (Å²) in [4.78, 5) is 55.3. The quantitative estimate of drug-likeness (QED) is 0.254. The molecule has 2 aromatic carbocycles. The molecule has 0 aliphatic carbocycles. The van der Waals surface area contributed by atoms with Gasteiger partial charge in [0.05, 0.1) is 12.6 Å². The highest BCUT2D eigenvalue weighted by molar-refractivity contribution is 7.13. The number of nitrogens with one attached hydrogen (secondary N) is 2. The molecule has 2 amide bonds. The number of anilines is 1. The standard InChI is InChI=1S/C33H35N3O9S/c1-19-6-5-9-22(37)8-4-2-3-7-21-14-24(38)30(31(41)29(21)32(42)45-19)23(20-10-11-25-26(15-20)44-18-43-25)16-27(39)35-17-28(40)36-33-34-12-13-46-33/h3,7,10-15,19,23,38,41H,2,4-6,8-9,16-18H2,1H3,(H,35,39)(H,34,36,40)/b7-3+/t19-,23?/m0/s1. The van der Waals surface area contributed by atoms with Gasteiger partial charge in [-0.3, -0.25) is 14.4 Å². The molecule has 1 unspecified atom stereocenters. The van der Waals surface area contributed by atoms with Crippen LogP contribution in [0, 0.1) is 0 Å². The van der Waals surface area contributed by atoms with Crippen LogP contribution in [0.15, 0.2) is 41.9 Å². The van der Waals surface area contributed by atoms with Gasteiger partial charge in [0.1, 0.15) is 22.8 Å². The van der Waals surface area contributed by atoms with Gasteiger partial charge < -0.3 is 35.1 Å². The first-order valence-corrected chi connectivity index (χ1v) is 15.9. The summed E-state index contributed by atoms with van der Waals surface area (Å²) in [6.07, 6.45) is 7.11. The molecule has 0 bridgehead atoms. The van der Waals surface area contributed by atoms with Crippen LogP contribution in [0.3, 0.4) is 0 Å². The number of rotatable bonds is 7. The molecule has 46 heavy (non-hydrogen) atoms. The molecular formula is C33H35N3O9S. The molecule has 3 aromatic rings. The Bertz CT molecular complexity index is 1640. The number of allylic oxidation sites excluding steroid dienone is 1. The average Bonchev–Trinajstić information content (AvgIpc) is 3.70. The Morgan fingerprint density at radius 1 is 1.09 bits per heavy atom. The smallest absolute Gasteiger partial charge is 0.342 e. The van der Waals surface area contributed by atoms with Crippen molar-refractivity contribution in [2.45, 2.75) is 63.9 Å². The van der Waals surface area contributed by atoms with Crippen molar-refractivity contribution in [1.82, 2.24) is 10.3 Å². The van der Waals surface area contributed by atoms with Gasteiger partial charge >= 0.3 is 5.97 Å². The minimum Gasteiger partial charge on any atom is -0.507 e. The molecule has 2 atom stereocenters. The Hall–Kier alpha value is -4.91. The van der Waals surface area contributed by atoms with Crippen LogP contribution >= 0.6 is 11.3 Å². The molecule has 13 heteroatoms. The molecule has 4 N–H and O–H groups in total. The molecular weight excluding hydrogens is 614 g/mol. The third-order valence-electron chi connectivity index (χ3n) is 7.71. The number of amides is 2. The lowest BCUT2D eigenvalue weighted by Gasteiger charge is -2.23. The number of hydrogen-bond acceptors (Lipinski definition) is 11. The van der Waals surface area contributed by atoms with Gasteiger partial charge in [-0.15, -0.1) is 11.3 Å². The second-order valence-corrected chi connectivity index (χ2v) is 12.0. The maximum atomic E-state index is 13.5. The molecule has 2 aliphatic heterocycles. The molecule has 3 heterocycles. The molecule has 0 saturated heterocycles. The number of hydrogen-bond donors (Lipinski definition) is 4. The fraction of sp³-hybridized carbons (Fsp3) is 0.364. The number of carbonyl (C=O) groups excluding carboxylic acids is 4. The van der Waals surface area contributed by atoms with Crippen LogP contribution < -0.4 is 20.1 Å². The fourth-order valence-corrected chi connectivity index (χ4v) is 5.97. The van der Waals surface area contributed by atoms with E-state index in [4.69, 9.17) is 14.2 Å². The Kier molecular flexibility index (Phi) is 10.5. The van der Waals surface area contributed by atoms with E-state index < -0.39 is 35.6 Å². The van der Waals surface area contributed by atoms with Crippen molar-refractivity contribution < 1.29 is 43.6 Å². The number of phenols is 2. The number of aromatic hydroxyl groups is 2. The first kappa shape index (κ1) is 32.5. The number of nitrogens with zero attached hydrogens (tertiary/aromatic N) is 1. The number of ether oxygens (including phenoxy) is 3. The molecule has 0 saturated carbocycles. The van der Waals surface area contributed by atoms with Crippen molar-refractivity contribution in [3.8, 4) is 23.0 Å². The SMILES string of the molecule is C[C@H]1CCCC(=O)CCC/C=C/c2cc(O)c(C(CC(=O)NCC(=O)Nc3nccs3)c3ccc4c(c3)OCO4)c(O)c2C(=O)O1. The van der Waals surface area contributed by atoms with Crippen molar-refractivity contribution in [2.24, 2.45) is 0 Å². The van der Waals surface area contributed by atoms with Crippen LogP contribution in [-0.4, -0.2) is 58.2 Å². The summed E-state index contributed by atoms with van der Waals surface area (Å²) < 4.78 is 16.6. The zero-order valence-electron chi connectivity index (χ0n) is 25.2. The van der Waals surface area contributed by atoms with Crippen molar-refractivity contribution in [1.29, 1.82) is 0 Å². The highest BCUT2D eigenvalue weighted by Crippen LogP contribution is 2.46. The number of phenolic OH excluding ortho intramolecular Hbond substituents is 2. The molecule has 12 nitrogen and oxygen atoms in total. The number of aromatic nitrogens is 1. The van der Waals surface area contributed by atoms with Gasteiger partial charge in [0.15, 0.2) is 16.6 Å². The third-order valence-corrected chi connectivity index (χ3v) is 8.40. The third kappa shape index (κ3) is 8.02. The van der Waals surface area contributed by atoms with Gasteiger partial charge in [-0.2, -0.15) is 0 Å². The Morgan fingerprint density at radius 2 is 1.89 bits per heavy atom. The fourth-order valence-electron chi connectivity index (χ4n) is 5.42. The second kappa shape index (κ2) is 14.9. The van der Waals surface area contributed by atoms with Crippen molar-refractivity contribution in [3.05, 3.63) is 64.2 Å². The van der Waals surface area contributed by atoms with E-state index in [0.717, 1.165) is 0 Å². The summed E-state index contributed by atoms with van der Waals surface area (Å²) >= 11 is 1.24. The van der Waals surface area contributed by atoms with Gasteiger partial charge in [-0.25, -0.2) is 9.78 Å². The lowest BCUT2D eigenvalue weighted by Crippen LogP contribution is -2.33. The Balaban J connectivity index is 1.49. The summed E-state index contributed by atoms with van der Waals surface area (Å²) in [6, 6.07) is 6.32. The summed E-state index contributed by atoms with van der Waals surface area (Å²) in [5, 5.41) is 30.3. The Morgan fingerprint density at radius 3 is 2.70 bits per heavy atom. The zero-order valence-corrected chi connectivity index (χ0v) is 26.1. The van der Waals surface area contributed by atoms with E-state index in [2.05, 4.69) is 15.6 Å². The van der Waals surface area contributed by atoms with E-state index in [9.17, 15) is 29.4 Å². The monoisotopic (exact) mass is 649 g/mol. The van der Waals surface area contributed by atoms with Crippen LogP contribution in [0.5, 0.6) is 23.0 Å². The van der Waals surface area contributed by atoms with E-state index in [0.29, 0.717) is 60.7 Å². The van der Waals surface area contributed by atoms with E-state index in [1.54, 1.807) is 48.9 Å². The zero-order chi connectivity index (χ0) is 32.6. The van der Waals surface area contributed by atoms with Crippen LogP contribution in [-0.2, 0) is 19.1 Å². The normalized spacial score (nSPS) is 18.1. The van der Waals surface area contributed by atoms with E-state index in [1.807, 2.05) is 0 Å². The number of carbonyl (C=O) groups is 4. The summed E-state index contributed by atoms with van der Waals surface area (Å²) in [7, 11) is 0. The summed E-state index contributed by atoms with van der Waals surface area (Å²) in [5.74, 6) is -2.63. The van der Waals surface area contributed by atoms with Crippen LogP contribution in [0.25, 0.3) is 6.08 Å². The van der Waals surface area contributed by atoms with E-state index >= 15 is 0 Å². The number of cyclic esters (lactones) is 1. The maximum Gasteiger partial charge on any atom is 0.342 e. The number of thiazole rings is 1. The number of ketones is 1. The number of Topliss-reactive ketones (excluding diaryl/α,β-unsaturated/α-hetero) is 1. The molecule has 242 valence electrons. The largest absolute Gasteiger partial charge is 0.507 e. The average molecular weight is 650 g/mol. The molecule has 5 rings (SSSR count). The summed E-state index contributed by atoms with van der Waals surface area (Å²) in [6.45, 7) is 1.39. The van der Waals surface area contributed by atoms with Crippen molar-refractivity contribution >= 4 is 46.1 Å². The predicted molar refractivity (Wildman–Crippen MR) is 169 cm³/mol. The predicted octanol–water partition coefficient (Wildman–Crippen LogP) is 5.04. The lowest BCUT2D eigenvalue weighted by atomic mass is 9.84. The first-order valence-electron chi connectivity index (χ1n) is 15.0. The summed E-state index contributed by atoms with van der Waals surface area (Å²) in [5.41, 5.74) is 0.495. The van der Waals surface area contributed by atoms with E-state index in [1.165, 1.54) is 17.4 Å². The van der Waals surface area contributed by atoms with Crippen molar-refractivity contribution in [3.63, 3.8) is 0 Å². The minimum absolute atomic E-state index is 0.0119. The van der Waals surface area contributed by atoms with Gasteiger partial charge in [-0.1, -0.05) is 18.2 Å². The van der Waals surface area contributed by atoms with Crippen molar-refractivity contribution in [2.75, 3.05) is 18.7 Å². The van der Waals surface area contributed by atoms with Gasteiger partial charge in [0, 0.05) is 42.3 Å². The first-order chi connectivity index (χ1) is 22.2. The van der Waals surface area contributed by atoms with Crippen LogP contribution in [0.1, 0.15) is 84.8 Å². The van der Waals surface area contributed by atoms with Gasteiger partial charge in [0.25, 0.3) is 0 Å². The number of benzene rings is 2. The van der Waals surface area contributed by atoms with Gasteiger partial charge in [0.2, 0.25) is 18.6 Å². The number of esters is 1. The van der Waals surface area contributed by atoms with Crippen LogP contribution in [0.4, 0.5) is 5.13 Å². The molecule has 0 fully saturated rings. The van der Waals surface area contributed by atoms with Crippen LogP contribution in [0.2, 0.25) is 0 Å². The molecule has 0 spiro atoms. The molecule has 0 radical (unpaired) electrons. The maximum absolute atomic E-state index is 13.5. The van der Waals surface area contributed by atoms with E-state index in [-0.39, 0.29) is 48.0 Å². The lowest BCUT2D eigenvalue weighted by molar-refractivity contribution is -0.124. The highest BCUT2D eigenvalue weighted by Gasteiger charge is 2.32.